The van der Waals surface area contributed by atoms with E-state index in [1.807, 2.05) is 0 Å². The maximum absolute atomic E-state index is 12.4. The number of allylic oxidation sites excluding steroid dienone is 2. The van der Waals surface area contributed by atoms with E-state index in [2.05, 4.69) is 0 Å². The fourth-order valence-corrected chi connectivity index (χ4v) is 3.24. The van der Waals surface area contributed by atoms with Crippen molar-refractivity contribution in [2.45, 2.75) is 46.3 Å². The first kappa shape index (κ1) is 25.2. The third kappa shape index (κ3) is 8.24. The summed E-state index contributed by atoms with van der Waals surface area (Å²) in [6.45, 7) is 5.27. The lowest BCUT2D eigenvalue weighted by atomic mass is 9.92. The van der Waals surface area contributed by atoms with Crippen LogP contribution in [0.15, 0.2) is 29.8 Å². The van der Waals surface area contributed by atoms with Crippen molar-refractivity contribution in [1.82, 2.24) is 0 Å². The summed E-state index contributed by atoms with van der Waals surface area (Å²) in [4.78, 5) is 46.3. The third-order valence-electron chi connectivity index (χ3n) is 4.69. The summed E-state index contributed by atoms with van der Waals surface area (Å²) < 4.78 is 26.3. The number of ether oxygens (including phenoxy) is 5. The van der Waals surface area contributed by atoms with Gasteiger partial charge in [0.1, 0.15) is 6.29 Å². The van der Waals surface area contributed by atoms with Gasteiger partial charge in [0, 0.05) is 32.6 Å². The van der Waals surface area contributed by atoms with Crippen LogP contribution in [0.3, 0.4) is 0 Å². The van der Waals surface area contributed by atoms with Gasteiger partial charge < -0.3 is 23.7 Å². The Bertz CT molecular complexity index is 853. The number of hydrogen-bond donors (Lipinski definition) is 0. The minimum atomic E-state index is -0.557. The second-order valence-electron chi connectivity index (χ2n) is 7.15. The van der Waals surface area contributed by atoms with Gasteiger partial charge in [-0.15, -0.1) is 0 Å². The van der Waals surface area contributed by atoms with Crippen molar-refractivity contribution in [2.75, 3.05) is 19.8 Å². The molecule has 1 unspecified atom stereocenters. The molecule has 0 spiro atoms. The van der Waals surface area contributed by atoms with Crippen LogP contribution in [-0.2, 0) is 39.8 Å². The zero-order chi connectivity index (χ0) is 23.5. The second kappa shape index (κ2) is 12.7. The van der Waals surface area contributed by atoms with Crippen LogP contribution < -0.4 is 9.47 Å². The predicted octanol–water partition coefficient (Wildman–Crippen LogP) is 2.54. The van der Waals surface area contributed by atoms with Crippen molar-refractivity contribution < 1.29 is 42.9 Å². The molecule has 32 heavy (non-hydrogen) atoms. The van der Waals surface area contributed by atoms with Crippen molar-refractivity contribution >= 4 is 24.2 Å². The van der Waals surface area contributed by atoms with Crippen LogP contribution in [0.4, 0.5) is 0 Å². The number of carbonyl (C=O) groups excluding carboxylic acids is 4. The highest BCUT2D eigenvalue weighted by atomic mass is 16.7. The van der Waals surface area contributed by atoms with E-state index in [1.165, 1.54) is 19.9 Å². The molecule has 1 aliphatic rings. The molecule has 1 atom stereocenters. The molecule has 0 bridgehead atoms. The number of carbonyl (C=O) groups is 4. The van der Waals surface area contributed by atoms with Gasteiger partial charge in [-0.05, 0) is 30.2 Å². The molecule has 0 N–H and O–H groups in total. The summed E-state index contributed by atoms with van der Waals surface area (Å²) in [7, 11) is 0. The van der Waals surface area contributed by atoms with Gasteiger partial charge in [0.25, 0.3) is 0 Å². The lowest BCUT2D eigenvalue weighted by Gasteiger charge is -2.19. The van der Waals surface area contributed by atoms with Crippen LogP contribution in [-0.4, -0.2) is 50.3 Å². The normalized spacial score (nSPS) is 15.2. The molecule has 9 nitrogen and oxygen atoms in total. The molecule has 1 aliphatic heterocycles. The second-order valence-corrected chi connectivity index (χ2v) is 7.15. The van der Waals surface area contributed by atoms with Crippen molar-refractivity contribution in [3.05, 3.63) is 35.4 Å². The van der Waals surface area contributed by atoms with Crippen molar-refractivity contribution in [3.8, 4) is 11.5 Å². The molecule has 9 heteroatoms. The molecule has 2 rings (SSSR count). The molecule has 174 valence electrons. The standard InChI is InChI=1S/C23H28O9/c1-4-18(14-24)19(13-23-29-9-10-30-23)12-22(27)28-8-7-17-5-6-20(31-15(2)25)21(11-17)32-16(3)26/h4-6,11,14,19,23H,7-10,12-13H2,1-3H3/b18-4-. The number of rotatable bonds is 11. The minimum Gasteiger partial charge on any atom is -0.465 e. The Hall–Kier alpha value is -3.04. The number of aldehydes is 1. The predicted molar refractivity (Wildman–Crippen MR) is 112 cm³/mol. The molecule has 0 radical (unpaired) electrons. The Kier molecular flexibility index (Phi) is 10.0. The van der Waals surface area contributed by atoms with E-state index in [4.69, 9.17) is 23.7 Å². The molecule has 1 aromatic rings. The van der Waals surface area contributed by atoms with E-state index in [-0.39, 0.29) is 30.4 Å². The third-order valence-corrected chi connectivity index (χ3v) is 4.69. The zero-order valence-corrected chi connectivity index (χ0v) is 18.5. The topological polar surface area (TPSA) is 114 Å². The van der Waals surface area contributed by atoms with Crippen LogP contribution >= 0.6 is 0 Å². The van der Waals surface area contributed by atoms with Gasteiger partial charge in [-0.3, -0.25) is 19.2 Å². The fourth-order valence-electron chi connectivity index (χ4n) is 3.24. The van der Waals surface area contributed by atoms with E-state index in [9.17, 15) is 19.2 Å². The Labute approximate surface area is 186 Å². The van der Waals surface area contributed by atoms with Crippen molar-refractivity contribution in [1.29, 1.82) is 0 Å². The first-order valence-corrected chi connectivity index (χ1v) is 10.3. The lowest BCUT2D eigenvalue weighted by Crippen LogP contribution is -2.21. The van der Waals surface area contributed by atoms with Gasteiger partial charge in [0.05, 0.1) is 26.2 Å². The molecule has 0 amide bonds. The summed E-state index contributed by atoms with van der Waals surface area (Å²) in [6, 6.07) is 4.74. The van der Waals surface area contributed by atoms with Crippen LogP contribution in [0.2, 0.25) is 0 Å². The Morgan fingerprint density at radius 2 is 1.75 bits per heavy atom. The van der Waals surface area contributed by atoms with Crippen LogP contribution in [0.25, 0.3) is 0 Å². The van der Waals surface area contributed by atoms with Crippen LogP contribution in [0.1, 0.15) is 39.2 Å². The van der Waals surface area contributed by atoms with Crippen LogP contribution in [0, 0.1) is 5.92 Å². The quantitative estimate of drug-likeness (QED) is 0.218. The highest BCUT2D eigenvalue weighted by Gasteiger charge is 2.26. The number of esters is 3. The largest absolute Gasteiger partial charge is 0.465 e. The highest BCUT2D eigenvalue weighted by molar-refractivity contribution is 5.77. The first-order valence-electron chi connectivity index (χ1n) is 10.3. The lowest BCUT2D eigenvalue weighted by molar-refractivity contribution is -0.145. The Morgan fingerprint density at radius 1 is 1.09 bits per heavy atom. The molecule has 1 saturated heterocycles. The molecular formula is C23H28O9. The van der Waals surface area contributed by atoms with E-state index < -0.39 is 24.2 Å². The van der Waals surface area contributed by atoms with Gasteiger partial charge in [0.15, 0.2) is 17.8 Å². The SMILES string of the molecule is C/C=C(/C=O)C(CC(=O)OCCc1ccc(OC(C)=O)c(OC(C)=O)c1)CC1OCCO1. The molecule has 0 aliphatic carbocycles. The zero-order valence-electron chi connectivity index (χ0n) is 18.5. The molecular weight excluding hydrogens is 420 g/mol. The van der Waals surface area contributed by atoms with Gasteiger partial charge in [-0.2, -0.15) is 0 Å². The monoisotopic (exact) mass is 448 g/mol. The maximum atomic E-state index is 12.4. The van der Waals surface area contributed by atoms with Gasteiger partial charge in [0.2, 0.25) is 0 Å². The van der Waals surface area contributed by atoms with Crippen molar-refractivity contribution in [2.24, 2.45) is 5.92 Å². The van der Waals surface area contributed by atoms with Gasteiger partial charge in [-0.25, -0.2) is 0 Å². The molecule has 1 fully saturated rings. The highest BCUT2D eigenvalue weighted by Crippen LogP contribution is 2.29. The van der Waals surface area contributed by atoms with E-state index >= 15 is 0 Å². The Balaban J connectivity index is 1.94. The maximum Gasteiger partial charge on any atom is 0.308 e. The summed E-state index contributed by atoms with van der Waals surface area (Å²) >= 11 is 0. The van der Waals surface area contributed by atoms with Crippen molar-refractivity contribution in [3.63, 3.8) is 0 Å². The summed E-state index contributed by atoms with van der Waals surface area (Å²) in [5.41, 5.74) is 1.21. The van der Waals surface area contributed by atoms with E-state index in [0.717, 1.165) is 11.8 Å². The number of hydrogen-bond acceptors (Lipinski definition) is 9. The molecule has 1 heterocycles. The average molecular weight is 448 g/mol. The smallest absolute Gasteiger partial charge is 0.308 e. The minimum absolute atomic E-state index is 0.0196. The molecule has 1 aromatic carbocycles. The van der Waals surface area contributed by atoms with Crippen LogP contribution in [0.5, 0.6) is 11.5 Å². The summed E-state index contributed by atoms with van der Waals surface area (Å²) in [5, 5.41) is 0. The Morgan fingerprint density at radius 3 is 2.34 bits per heavy atom. The summed E-state index contributed by atoms with van der Waals surface area (Å²) in [6.07, 6.45) is 2.71. The fraction of sp³-hybridized carbons (Fsp3) is 0.478. The van der Waals surface area contributed by atoms with E-state index in [0.29, 0.717) is 31.6 Å². The average Bonchev–Trinajstić information content (AvgIpc) is 3.23. The van der Waals surface area contributed by atoms with E-state index in [1.54, 1.807) is 25.1 Å². The number of benzene rings is 1. The summed E-state index contributed by atoms with van der Waals surface area (Å²) in [5.74, 6) is -1.69. The van der Waals surface area contributed by atoms with Gasteiger partial charge >= 0.3 is 17.9 Å². The molecule has 0 saturated carbocycles. The first-order chi connectivity index (χ1) is 15.3. The molecule has 0 aromatic heterocycles. The van der Waals surface area contributed by atoms with Gasteiger partial charge in [-0.1, -0.05) is 12.1 Å².